The van der Waals surface area contributed by atoms with Crippen LogP contribution in [-0.4, -0.2) is 45.7 Å². The van der Waals surface area contributed by atoms with Gasteiger partial charge in [0, 0.05) is 13.1 Å². The zero-order valence-corrected chi connectivity index (χ0v) is 10.9. The van der Waals surface area contributed by atoms with Crippen molar-refractivity contribution in [3.05, 3.63) is 11.9 Å². The molecule has 1 fully saturated rings. The van der Waals surface area contributed by atoms with E-state index in [1.165, 1.54) is 0 Å². The van der Waals surface area contributed by atoms with Gasteiger partial charge in [-0.15, -0.1) is 0 Å². The first-order valence-corrected chi connectivity index (χ1v) is 6.82. The third kappa shape index (κ3) is 3.23. The smallest absolute Gasteiger partial charge is 0.275 e. The van der Waals surface area contributed by atoms with Crippen molar-refractivity contribution in [2.45, 2.75) is 19.8 Å². The Balaban J connectivity index is 1.81. The van der Waals surface area contributed by atoms with E-state index in [4.69, 9.17) is 0 Å². The number of nitrogens with zero attached hydrogens (tertiary/aromatic N) is 3. The van der Waals surface area contributed by atoms with Crippen LogP contribution in [-0.2, 0) is 0 Å². The summed E-state index contributed by atoms with van der Waals surface area (Å²) in [4.78, 5) is 13.9. The van der Waals surface area contributed by atoms with Gasteiger partial charge in [0.15, 0.2) is 5.69 Å². The molecule has 1 N–H and O–H groups in total. The van der Waals surface area contributed by atoms with Crippen molar-refractivity contribution < 1.29 is 4.79 Å². The summed E-state index contributed by atoms with van der Waals surface area (Å²) in [7, 11) is 0. The first kappa shape index (κ1) is 12.4. The minimum absolute atomic E-state index is 0.0284. The third-order valence-corrected chi connectivity index (χ3v) is 3.64. The molecule has 0 unspecified atom stereocenters. The molecule has 94 valence electrons. The Kier molecular flexibility index (Phi) is 4.44. The highest BCUT2D eigenvalue weighted by Crippen LogP contribution is 2.17. The highest BCUT2D eigenvalue weighted by atomic mass is 32.1. The standard InChI is InChI=1S/C11H18N4OS/c1-2-12-7-9-3-5-15(6-4-9)11(16)10-8-13-17-14-10/h8-9,12H,2-7H2,1H3. The molecule has 0 bridgehead atoms. The van der Waals surface area contributed by atoms with E-state index in [-0.39, 0.29) is 5.91 Å². The first-order chi connectivity index (χ1) is 8.31. The molecule has 2 heterocycles. The number of hydrogen-bond acceptors (Lipinski definition) is 5. The molecule has 0 aromatic carbocycles. The minimum Gasteiger partial charge on any atom is -0.337 e. The van der Waals surface area contributed by atoms with Gasteiger partial charge in [0.25, 0.3) is 5.91 Å². The van der Waals surface area contributed by atoms with E-state index in [1.807, 2.05) is 4.90 Å². The molecule has 1 amide bonds. The van der Waals surface area contributed by atoms with Gasteiger partial charge in [-0.2, -0.15) is 8.75 Å². The number of hydrogen-bond donors (Lipinski definition) is 1. The van der Waals surface area contributed by atoms with Crippen molar-refractivity contribution in [3.63, 3.8) is 0 Å². The van der Waals surface area contributed by atoms with E-state index in [2.05, 4.69) is 21.0 Å². The van der Waals surface area contributed by atoms with E-state index in [1.54, 1.807) is 6.20 Å². The highest BCUT2D eigenvalue weighted by molar-refractivity contribution is 6.99. The SMILES string of the molecule is CCNCC1CCN(C(=O)c2cnsn2)CC1. The quantitative estimate of drug-likeness (QED) is 0.871. The van der Waals surface area contributed by atoms with Crippen LogP contribution in [0.5, 0.6) is 0 Å². The third-order valence-electron chi connectivity index (χ3n) is 3.17. The fourth-order valence-corrected chi connectivity index (χ4v) is 2.52. The van der Waals surface area contributed by atoms with Gasteiger partial charge < -0.3 is 10.2 Å². The van der Waals surface area contributed by atoms with Crippen LogP contribution in [0.25, 0.3) is 0 Å². The maximum atomic E-state index is 12.0. The minimum atomic E-state index is 0.0284. The maximum Gasteiger partial charge on any atom is 0.275 e. The molecule has 0 saturated carbocycles. The zero-order chi connectivity index (χ0) is 12.1. The van der Waals surface area contributed by atoms with Crippen LogP contribution in [0.1, 0.15) is 30.3 Å². The van der Waals surface area contributed by atoms with Gasteiger partial charge >= 0.3 is 0 Å². The van der Waals surface area contributed by atoms with Gasteiger partial charge in [-0.05, 0) is 31.8 Å². The van der Waals surface area contributed by atoms with Crippen molar-refractivity contribution in [1.29, 1.82) is 0 Å². The molecule has 0 atom stereocenters. The summed E-state index contributed by atoms with van der Waals surface area (Å²) in [6, 6.07) is 0. The molecule has 1 saturated heterocycles. The largest absolute Gasteiger partial charge is 0.337 e. The van der Waals surface area contributed by atoms with Crippen LogP contribution in [0.2, 0.25) is 0 Å². The van der Waals surface area contributed by atoms with Crippen LogP contribution >= 0.6 is 11.7 Å². The molecule has 17 heavy (non-hydrogen) atoms. The normalized spacial score (nSPS) is 17.4. The van der Waals surface area contributed by atoms with E-state index in [0.29, 0.717) is 11.6 Å². The topological polar surface area (TPSA) is 58.1 Å². The predicted octanol–water partition coefficient (Wildman–Crippen LogP) is 1.000. The number of carbonyl (C=O) groups is 1. The van der Waals surface area contributed by atoms with Gasteiger partial charge in [0.05, 0.1) is 17.9 Å². The summed E-state index contributed by atoms with van der Waals surface area (Å²) in [5.41, 5.74) is 0.486. The second kappa shape index (κ2) is 6.07. The van der Waals surface area contributed by atoms with Gasteiger partial charge in [-0.25, -0.2) is 0 Å². The highest BCUT2D eigenvalue weighted by Gasteiger charge is 2.24. The Labute approximate surface area is 106 Å². The Bertz CT molecular complexity index is 346. The van der Waals surface area contributed by atoms with Crippen molar-refractivity contribution in [2.75, 3.05) is 26.2 Å². The maximum absolute atomic E-state index is 12.0. The molecular weight excluding hydrogens is 236 g/mol. The molecule has 6 heteroatoms. The van der Waals surface area contributed by atoms with Gasteiger partial charge in [0.1, 0.15) is 0 Å². The van der Waals surface area contributed by atoms with Crippen molar-refractivity contribution in [3.8, 4) is 0 Å². The lowest BCUT2D eigenvalue weighted by Gasteiger charge is -2.31. The number of nitrogens with one attached hydrogen (secondary N) is 1. The van der Waals surface area contributed by atoms with Crippen molar-refractivity contribution in [1.82, 2.24) is 19.0 Å². The molecule has 1 aromatic rings. The summed E-state index contributed by atoms with van der Waals surface area (Å²) in [5.74, 6) is 0.730. The lowest BCUT2D eigenvalue weighted by Crippen LogP contribution is -2.40. The Morgan fingerprint density at radius 3 is 2.94 bits per heavy atom. The average Bonchev–Trinajstić information content (AvgIpc) is 2.90. The van der Waals surface area contributed by atoms with Crippen molar-refractivity contribution in [2.24, 2.45) is 5.92 Å². The molecule has 0 spiro atoms. The van der Waals surface area contributed by atoms with Gasteiger partial charge in [-0.3, -0.25) is 4.79 Å². The van der Waals surface area contributed by atoms with E-state index in [0.717, 1.165) is 50.7 Å². The zero-order valence-electron chi connectivity index (χ0n) is 10.1. The van der Waals surface area contributed by atoms with Crippen LogP contribution in [0.4, 0.5) is 0 Å². The molecule has 1 aliphatic rings. The van der Waals surface area contributed by atoms with Gasteiger partial charge in [-0.1, -0.05) is 6.92 Å². The molecule has 1 aliphatic heterocycles. The summed E-state index contributed by atoms with van der Waals surface area (Å²) >= 11 is 1.09. The summed E-state index contributed by atoms with van der Waals surface area (Å²) in [6.07, 6.45) is 3.71. The van der Waals surface area contributed by atoms with Gasteiger partial charge in [0.2, 0.25) is 0 Å². The molecule has 5 nitrogen and oxygen atoms in total. The van der Waals surface area contributed by atoms with Crippen LogP contribution in [0.3, 0.4) is 0 Å². The van der Waals surface area contributed by atoms with Crippen LogP contribution in [0, 0.1) is 5.92 Å². The lowest BCUT2D eigenvalue weighted by atomic mass is 9.96. The predicted molar refractivity (Wildman–Crippen MR) is 67.1 cm³/mol. The first-order valence-electron chi connectivity index (χ1n) is 6.08. The average molecular weight is 254 g/mol. The van der Waals surface area contributed by atoms with Crippen molar-refractivity contribution >= 4 is 17.6 Å². The fraction of sp³-hybridized carbons (Fsp3) is 0.727. The second-order valence-electron chi connectivity index (χ2n) is 4.34. The number of aromatic nitrogens is 2. The number of carbonyl (C=O) groups excluding carboxylic acids is 1. The summed E-state index contributed by atoms with van der Waals surface area (Å²) in [5, 5.41) is 3.37. The Hall–Kier alpha value is -1.01. The van der Waals surface area contributed by atoms with Crippen LogP contribution < -0.4 is 5.32 Å². The van der Waals surface area contributed by atoms with E-state index >= 15 is 0 Å². The second-order valence-corrected chi connectivity index (χ2v) is 4.89. The fourth-order valence-electron chi connectivity index (χ4n) is 2.11. The Morgan fingerprint density at radius 2 is 2.35 bits per heavy atom. The number of piperidine rings is 1. The van der Waals surface area contributed by atoms with Crippen LogP contribution in [0.15, 0.2) is 6.20 Å². The van der Waals surface area contributed by atoms with E-state index < -0.39 is 0 Å². The lowest BCUT2D eigenvalue weighted by molar-refractivity contribution is 0.0685. The number of likely N-dealkylation sites (tertiary alicyclic amines) is 1. The monoisotopic (exact) mass is 254 g/mol. The summed E-state index contributed by atoms with van der Waals surface area (Å²) in [6.45, 7) is 5.88. The molecule has 0 radical (unpaired) electrons. The molecule has 1 aromatic heterocycles. The molecular formula is C11H18N4OS. The number of amides is 1. The Morgan fingerprint density at radius 1 is 1.59 bits per heavy atom. The van der Waals surface area contributed by atoms with E-state index in [9.17, 15) is 4.79 Å². The summed E-state index contributed by atoms with van der Waals surface area (Å²) < 4.78 is 7.85. The molecule has 0 aliphatic carbocycles. The molecule has 2 rings (SSSR count). The number of rotatable bonds is 4.